The summed E-state index contributed by atoms with van der Waals surface area (Å²) in [5.74, 6) is 2.29. The van der Waals surface area contributed by atoms with Crippen molar-refractivity contribution >= 4 is 11.8 Å². The van der Waals surface area contributed by atoms with Crippen LogP contribution >= 0.6 is 11.8 Å². The molecule has 2 aliphatic heterocycles. The Labute approximate surface area is 122 Å². The van der Waals surface area contributed by atoms with E-state index in [4.69, 9.17) is 10.00 Å². The molecule has 0 radical (unpaired) electrons. The fourth-order valence-corrected chi connectivity index (χ4v) is 4.40. The van der Waals surface area contributed by atoms with Gasteiger partial charge < -0.3 is 9.30 Å². The van der Waals surface area contributed by atoms with Crippen LogP contribution < -0.4 is 0 Å². The predicted octanol–water partition coefficient (Wildman–Crippen LogP) is 2.24. The second-order valence-corrected chi connectivity index (χ2v) is 6.59. The van der Waals surface area contributed by atoms with Crippen molar-refractivity contribution in [3.8, 4) is 12.1 Å². The van der Waals surface area contributed by atoms with Crippen LogP contribution in [0.2, 0.25) is 0 Å². The number of aromatic nitrogens is 2. The van der Waals surface area contributed by atoms with Gasteiger partial charge in [-0.05, 0) is 37.2 Å². The first-order valence-electron chi connectivity index (χ1n) is 6.87. The fraction of sp³-hybridized carbons (Fsp3) is 0.643. The first-order chi connectivity index (χ1) is 9.78. The van der Waals surface area contributed by atoms with Crippen LogP contribution in [-0.2, 0) is 4.74 Å². The molecule has 104 valence electrons. The third kappa shape index (κ3) is 2.30. The Bertz CT molecular complexity index is 571. The van der Waals surface area contributed by atoms with E-state index in [2.05, 4.69) is 11.1 Å². The summed E-state index contributed by atoms with van der Waals surface area (Å²) < 4.78 is 7.95. The van der Waals surface area contributed by atoms with Crippen LogP contribution in [0.4, 0.5) is 0 Å². The largest absolute Gasteiger partial charge is 0.375 e. The number of ether oxygens (including phenoxy) is 1. The molecule has 0 aliphatic carbocycles. The lowest BCUT2D eigenvalue weighted by Gasteiger charge is -2.43. The molecule has 0 saturated carbocycles. The molecule has 2 aliphatic rings. The average Bonchev–Trinajstić information content (AvgIpc) is 2.91. The van der Waals surface area contributed by atoms with Gasteiger partial charge >= 0.3 is 0 Å². The minimum Gasteiger partial charge on any atom is -0.375 e. The van der Waals surface area contributed by atoms with Gasteiger partial charge in [0.25, 0.3) is 0 Å². The highest BCUT2D eigenvalue weighted by Gasteiger charge is 2.39. The molecular formula is C14H16N4OS. The summed E-state index contributed by atoms with van der Waals surface area (Å²) in [5.41, 5.74) is 0.588. The fourth-order valence-electron chi connectivity index (χ4n) is 3.16. The molecule has 5 nitrogen and oxygen atoms in total. The molecule has 2 saturated heterocycles. The predicted molar refractivity (Wildman–Crippen MR) is 75.2 cm³/mol. The van der Waals surface area contributed by atoms with Crippen LogP contribution in [0.15, 0.2) is 6.33 Å². The SMILES string of the molecule is N#Cc1ncn(C2CCOC3(CCSCC3)C2)c1C#N. The zero-order valence-corrected chi connectivity index (χ0v) is 12.0. The van der Waals surface area contributed by atoms with Crippen LogP contribution in [0.5, 0.6) is 0 Å². The van der Waals surface area contributed by atoms with Crippen LogP contribution in [0.3, 0.4) is 0 Å². The van der Waals surface area contributed by atoms with Gasteiger partial charge in [-0.3, -0.25) is 0 Å². The Morgan fingerprint density at radius 3 is 2.85 bits per heavy atom. The van der Waals surface area contributed by atoms with Gasteiger partial charge in [-0.15, -0.1) is 0 Å². The van der Waals surface area contributed by atoms with Crippen molar-refractivity contribution in [1.29, 1.82) is 10.5 Å². The van der Waals surface area contributed by atoms with Gasteiger partial charge in [-0.2, -0.15) is 22.3 Å². The van der Waals surface area contributed by atoms with Crippen molar-refractivity contribution in [2.24, 2.45) is 0 Å². The second-order valence-electron chi connectivity index (χ2n) is 5.36. The standard InChI is InChI=1S/C14H16N4OS/c15-8-12-13(9-16)18(10-17-12)11-1-4-19-14(7-11)2-5-20-6-3-14/h10-11H,1-7H2. The highest BCUT2D eigenvalue weighted by atomic mass is 32.2. The normalized spacial score (nSPS) is 25.0. The zero-order chi connectivity index (χ0) is 14.0. The molecule has 6 heteroatoms. The van der Waals surface area contributed by atoms with E-state index in [0.29, 0.717) is 5.69 Å². The molecule has 0 amide bonds. The summed E-state index contributed by atoms with van der Waals surface area (Å²) in [6.45, 7) is 0.722. The lowest BCUT2D eigenvalue weighted by Crippen LogP contribution is -2.43. The van der Waals surface area contributed by atoms with Crippen molar-refractivity contribution in [3.05, 3.63) is 17.7 Å². The van der Waals surface area contributed by atoms with Crippen molar-refractivity contribution in [2.75, 3.05) is 18.1 Å². The Balaban J connectivity index is 1.86. The Hall–Kier alpha value is -1.50. The van der Waals surface area contributed by atoms with Gasteiger partial charge in [0, 0.05) is 12.6 Å². The molecule has 3 heterocycles. The van der Waals surface area contributed by atoms with Crippen molar-refractivity contribution in [2.45, 2.75) is 37.3 Å². The highest BCUT2D eigenvalue weighted by molar-refractivity contribution is 7.99. The third-order valence-electron chi connectivity index (χ3n) is 4.27. The molecular weight excluding hydrogens is 272 g/mol. The number of imidazole rings is 1. The maximum Gasteiger partial charge on any atom is 0.176 e. The molecule has 0 aromatic carbocycles. The molecule has 20 heavy (non-hydrogen) atoms. The van der Waals surface area contributed by atoms with E-state index < -0.39 is 0 Å². The summed E-state index contributed by atoms with van der Waals surface area (Å²) in [7, 11) is 0. The Morgan fingerprint density at radius 1 is 1.35 bits per heavy atom. The maximum atomic E-state index is 9.26. The maximum absolute atomic E-state index is 9.26. The number of rotatable bonds is 1. The lowest BCUT2D eigenvalue weighted by molar-refractivity contribution is -0.0989. The molecule has 0 N–H and O–H groups in total. The first-order valence-corrected chi connectivity index (χ1v) is 8.02. The number of nitrogens with zero attached hydrogens (tertiary/aromatic N) is 4. The molecule has 0 bridgehead atoms. The molecule has 1 unspecified atom stereocenters. The average molecular weight is 288 g/mol. The molecule has 2 fully saturated rings. The van der Waals surface area contributed by atoms with E-state index in [1.54, 1.807) is 6.33 Å². The Morgan fingerprint density at radius 2 is 2.15 bits per heavy atom. The van der Waals surface area contributed by atoms with Crippen LogP contribution in [-0.4, -0.2) is 33.3 Å². The van der Waals surface area contributed by atoms with Crippen LogP contribution in [0.25, 0.3) is 0 Å². The van der Waals surface area contributed by atoms with Gasteiger partial charge in [0.15, 0.2) is 11.4 Å². The van der Waals surface area contributed by atoms with Gasteiger partial charge in [0.05, 0.1) is 11.9 Å². The second kappa shape index (κ2) is 5.47. The van der Waals surface area contributed by atoms with E-state index in [9.17, 15) is 5.26 Å². The van der Waals surface area contributed by atoms with Gasteiger partial charge in [-0.1, -0.05) is 0 Å². The van der Waals surface area contributed by atoms with E-state index in [1.165, 1.54) is 0 Å². The van der Waals surface area contributed by atoms with Gasteiger partial charge in [0.1, 0.15) is 12.1 Å². The monoisotopic (exact) mass is 288 g/mol. The molecule has 1 aromatic rings. The van der Waals surface area contributed by atoms with Crippen molar-refractivity contribution in [3.63, 3.8) is 0 Å². The smallest absolute Gasteiger partial charge is 0.176 e. The zero-order valence-electron chi connectivity index (χ0n) is 11.2. The van der Waals surface area contributed by atoms with E-state index in [0.717, 1.165) is 43.8 Å². The minimum absolute atomic E-state index is 0.0298. The van der Waals surface area contributed by atoms with Gasteiger partial charge in [-0.25, -0.2) is 4.98 Å². The van der Waals surface area contributed by atoms with Crippen LogP contribution in [0.1, 0.15) is 43.1 Å². The summed E-state index contributed by atoms with van der Waals surface area (Å²) in [6.07, 6.45) is 5.60. The number of hydrogen-bond acceptors (Lipinski definition) is 5. The summed E-state index contributed by atoms with van der Waals surface area (Å²) in [6, 6.07) is 4.32. The number of nitriles is 2. The summed E-state index contributed by atoms with van der Waals surface area (Å²) in [4.78, 5) is 4.05. The molecule has 1 atom stereocenters. The minimum atomic E-state index is -0.0298. The number of thioether (sulfide) groups is 1. The first kappa shape index (κ1) is 13.5. The third-order valence-corrected chi connectivity index (χ3v) is 5.26. The quantitative estimate of drug-likeness (QED) is 0.792. The summed E-state index contributed by atoms with van der Waals surface area (Å²) >= 11 is 1.98. The highest BCUT2D eigenvalue weighted by Crippen LogP contribution is 2.41. The van der Waals surface area contributed by atoms with Crippen LogP contribution in [0, 0.1) is 22.7 Å². The molecule has 3 rings (SSSR count). The molecule has 1 spiro atoms. The summed E-state index contributed by atoms with van der Waals surface area (Å²) in [5, 5.41) is 18.3. The van der Waals surface area contributed by atoms with Crippen molar-refractivity contribution < 1.29 is 4.74 Å². The lowest BCUT2D eigenvalue weighted by atomic mass is 9.85. The topological polar surface area (TPSA) is 74.6 Å². The molecule has 1 aromatic heterocycles. The van der Waals surface area contributed by atoms with Gasteiger partial charge in [0.2, 0.25) is 0 Å². The van der Waals surface area contributed by atoms with E-state index >= 15 is 0 Å². The van der Waals surface area contributed by atoms with E-state index in [-0.39, 0.29) is 17.3 Å². The van der Waals surface area contributed by atoms with Crippen molar-refractivity contribution in [1.82, 2.24) is 9.55 Å². The number of hydrogen-bond donors (Lipinski definition) is 0. The van der Waals surface area contributed by atoms with E-state index in [1.807, 2.05) is 22.4 Å². The Kier molecular flexibility index (Phi) is 3.69.